The molecule has 4 bridgehead atoms. The van der Waals surface area contributed by atoms with Crippen LogP contribution in [0.4, 0.5) is 5.69 Å². The van der Waals surface area contributed by atoms with Gasteiger partial charge in [-0.1, -0.05) is 12.1 Å². The van der Waals surface area contributed by atoms with E-state index < -0.39 is 10.9 Å². The second-order valence-electron chi connectivity index (χ2n) is 8.35. The van der Waals surface area contributed by atoms with E-state index in [0.717, 1.165) is 37.0 Å². The van der Waals surface area contributed by atoms with Gasteiger partial charge in [0.25, 0.3) is 5.69 Å². The number of cyclic esters (lactones) is 1. The van der Waals surface area contributed by atoms with Crippen molar-refractivity contribution in [2.24, 2.45) is 28.2 Å². The summed E-state index contributed by atoms with van der Waals surface area (Å²) in [5.41, 5.74) is 0.416. The number of para-hydroxylation sites is 1. The zero-order chi connectivity index (χ0) is 17.9. The number of esters is 1. The molecule has 134 valence electrons. The zero-order valence-electron chi connectivity index (χ0n) is 14.4. The van der Waals surface area contributed by atoms with Crippen molar-refractivity contribution in [1.29, 1.82) is 0 Å². The van der Waals surface area contributed by atoms with E-state index in [1.54, 1.807) is 18.2 Å². The lowest BCUT2D eigenvalue weighted by atomic mass is 9.49. The van der Waals surface area contributed by atoms with Crippen molar-refractivity contribution in [2.45, 2.75) is 38.5 Å². The Hall–Kier alpha value is -2.50. The Balaban J connectivity index is 1.50. The number of benzene rings is 1. The van der Waals surface area contributed by atoms with Crippen molar-refractivity contribution >= 4 is 23.6 Å². The summed E-state index contributed by atoms with van der Waals surface area (Å²) in [5.74, 6) is 2.25. The molecule has 0 N–H and O–H groups in total. The van der Waals surface area contributed by atoms with Crippen LogP contribution in [0.1, 0.15) is 44.1 Å². The molecule has 4 aliphatic carbocycles. The van der Waals surface area contributed by atoms with Crippen LogP contribution in [0.3, 0.4) is 0 Å². The van der Waals surface area contributed by atoms with Crippen LogP contribution in [0.25, 0.3) is 6.08 Å². The van der Waals surface area contributed by atoms with E-state index >= 15 is 0 Å². The Labute approximate surface area is 151 Å². The molecule has 0 spiro atoms. The molecule has 6 nitrogen and oxygen atoms in total. The number of nitro groups is 1. The van der Waals surface area contributed by atoms with Gasteiger partial charge in [-0.2, -0.15) is 0 Å². The first-order valence-corrected chi connectivity index (χ1v) is 9.29. The SMILES string of the molecule is O=C1OC(C23CC4CC(CC(C4)C2)C3)=N/C1=C\c1ccccc1[N+](=O)[O-]. The van der Waals surface area contributed by atoms with Gasteiger partial charge in [0.15, 0.2) is 5.70 Å². The summed E-state index contributed by atoms with van der Waals surface area (Å²) in [6.45, 7) is 0. The fourth-order valence-electron chi connectivity index (χ4n) is 5.93. The van der Waals surface area contributed by atoms with Crippen molar-refractivity contribution < 1.29 is 14.5 Å². The molecule has 1 aromatic rings. The predicted octanol–water partition coefficient (Wildman–Crippen LogP) is 4.11. The van der Waals surface area contributed by atoms with E-state index in [1.165, 1.54) is 31.4 Å². The normalized spacial score (nSPS) is 36.3. The third-order valence-corrected chi connectivity index (χ3v) is 6.54. The number of nitrogens with zero attached hydrogens (tertiary/aromatic N) is 2. The molecule has 4 saturated carbocycles. The molecule has 1 aliphatic heterocycles. The third kappa shape index (κ3) is 2.39. The highest BCUT2D eigenvalue weighted by Gasteiger charge is 2.55. The van der Waals surface area contributed by atoms with Crippen LogP contribution in [0, 0.1) is 33.3 Å². The van der Waals surface area contributed by atoms with Crippen molar-refractivity contribution in [2.75, 3.05) is 0 Å². The molecule has 1 heterocycles. The molecule has 0 atom stereocenters. The third-order valence-electron chi connectivity index (χ3n) is 6.54. The lowest BCUT2D eigenvalue weighted by Gasteiger charge is -2.55. The van der Waals surface area contributed by atoms with E-state index in [0.29, 0.717) is 11.5 Å². The van der Waals surface area contributed by atoms with Gasteiger partial charge in [0, 0.05) is 11.5 Å². The number of rotatable bonds is 3. The monoisotopic (exact) mass is 352 g/mol. The molecule has 0 radical (unpaired) electrons. The van der Waals surface area contributed by atoms with Gasteiger partial charge in [0.2, 0.25) is 5.90 Å². The van der Waals surface area contributed by atoms with Crippen LogP contribution in [-0.4, -0.2) is 16.8 Å². The average molecular weight is 352 g/mol. The molecule has 4 fully saturated rings. The lowest BCUT2D eigenvalue weighted by Crippen LogP contribution is -2.50. The molecule has 6 rings (SSSR count). The van der Waals surface area contributed by atoms with Crippen LogP contribution < -0.4 is 0 Å². The first kappa shape index (κ1) is 15.7. The molecule has 0 unspecified atom stereocenters. The number of hydrogen-bond donors (Lipinski definition) is 0. The van der Waals surface area contributed by atoms with Crippen LogP contribution in [0.15, 0.2) is 35.0 Å². The Morgan fingerprint density at radius 2 is 1.73 bits per heavy atom. The molecule has 26 heavy (non-hydrogen) atoms. The van der Waals surface area contributed by atoms with E-state index in [-0.39, 0.29) is 16.8 Å². The number of hydrogen-bond acceptors (Lipinski definition) is 5. The predicted molar refractivity (Wildman–Crippen MR) is 95.2 cm³/mol. The van der Waals surface area contributed by atoms with E-state index in [2.05, 4.69) is 4.99 Å². The maximum Gasteiger partial charge on any atom is 0.363 e. The van der Waals surface area contributed by atoms with Gasteiger partial charge < -0.3 is 4.74 Å². The number of aliphatic imine (C=N–C) groups is 1. The second-order valence-corrected chi connectivity index (χ2v) is 8.35. The van der Waals surface area contributed by atoms with E-state index in [9.17, 15) is 14.9 Å². The first-order chi connectivity index (χ1) is 12.5. The smallest absolute Gasteiger partial charge is 0.363 e. The molecule has 6 heteroatoms. The lowest BCUT2D eigenvalue weighted by molar-refractivity contribution is -0.385. The molecular formula is C20H20N2O4. The topological polar surface area (TPSA) is 81.8 Å². The van der Waals surface area contributed by atoms with E-state index in [1.807, 2.05) is 0 Å². The van der Waals surface area contributed by atoms with Gasteiger partial charge in [-0.3, -0.25) is 10.1 Å². The maximum atomic E-state index is 12.4. The second kappa shape index (κ2) is 5.50. The van der Waals surface area contributed by atoms with Crippen molar-refractivity contribution in [3.63, 3.8) is 0 Å². The minimum Gasteiger partial charge on any atom is -0.406 e. The zero-order valence-corrected chi connectivity index (χ0v) is 14.4. The number of carbonyl (C=O) groups is 1. The highest BCUT2D eigenvalue weighted by atomic mass is 16.6. The fraction of sp³-hybridized carbons (Fsp3) is 0.500. The van der Waals surface area contributed by atoms with Gasteiger partial charge in [-0.25, -0.2) is 9.79 Å². The molecular weight excluding hydrogens is 332 g/mol. The quantitative estimate of drug-likeness (QED) is 0.355. The van der Waals surface area contributed by atoms with Gasteiger partial charge in [-0.15, -0.1) is 0 Å². The van der Waals surface area contributed by atoms with Gasteiger partial charge in [-0.05, 0) is 68.4 Å². The number of nitro benzene ring substituents is 1. The average Bonchev–Trinajstić information content (AvgIpc) is 2.96. The van der Waals surface area contributed by atoms with Gasteiger partial charge in [0.05, 0.1) is 10.5 Å². The van der Waals surface area contributed by atoms with Crippen molar-refractivity contribution in [3.8, 4) is 0 Å². The Morgan fingerprint density at radius 1 is 1.12 bits per heavy atom. The first-order valence-electron chi connectivity index (χ1n) is 9.29. The Morgan fingerprint density at radius 3 is 2.35 bits per heavy atom. The van der Waals surface area contributed by atoms with Gasteiger partial charge in [0.1, 0.15) is 0 Å². The van der Waals surface area contributed by atoms with Crippen LogP contribution >= 0.6 is 0 Å². The van der Waals surface area contributed by atoms with Crippen molar-refractivity contribution in [1.82, 2.24) is 0 Å². The summed E-state index contributed by atoms with van der Waals surface area (Å²) in [4.78, 5) is 27.7. The summed E-state index contributed by atoms with van der Waals surface area (Å²) in [7, 11) is 0. The summed E-state index contributed by atoms with van der Waals surface area (Å²) in [6.07, 6.45) is 8.57. The minimum atomic E-state index is -0.492. The highest BCUT2D eigenvalue weighted by Crippen LogP contribution is 2.61. The van der Waals surface area contributed by atoms with Crippen LogP contribution in [0.5, 0.6) is 0 Å². The number of ether oxygens (including phenoxy) is 1. The van der Waals surface area contributed by atoms with Crippen LogP contribution in [-0.2, 0) is 9.53 Å². The standard InChI is InChI=1S/C20H20N2O4/c23-18-16(8-15-3-1-2-4-17(15)22(24)25)21-19(26-18)20-9-12-5-13(10-20)7-14(6-12)11-20/h1-4,8,12-14H,5-7,9-11H2/b16-8-. The van der Waals surface area contributed by atoms with E-state index in [4.69, 9.17) is 4.74 Å². The van der Waals surface area contributed by atoms with Crippen molar-refractivity contribution in [3.05, 3.63) is 45.6 Å². The highest BCUT2D eigenvalue weighted by molar-refractivity contribution is 6.09. The Kier molecular flexibility index (Phi) is 3.33. The molecule has 0 saturated heterocycles. The largest absolute Gasteiger partial charge is 0.406 e. The number of carbonyl (C=O) groups excluding carboxylic acids is 1. The fourth-order valence-corrected chi connectivity index (χ4v) is 5.93. The summed E-state index contributed by atoms with van der Waals surface area (Å²) >= 11 is 0. The molecule has 1 aromatic carbocycles. The molecule has 0 aromatic heterocycles. The minimum absolute atomic E-state index is 0.0359. The Bertz CT molecular complexity index is 835. The molecule has 0 amide bonds. The maximum absolute atomic E-state index is 12.4. The summed E-state index contributed by atoms with van der Waals surface area (Å²) in [5, 5.41) is 11.2. The molecule has 5 aliphatic rings. The summed E-state index contributed by atoms with van der Waals surface area (Å²) < 4.78 is 5.60. The van der Waals surface area contributed by atoms with Gasteiger partial charge >= 0.3 is 5.97 Å². The van der Waals surface area contributed by atoms with Crippen LogP contribution in [0.2, 0.25) is 0 Å². The summed E-state index contributed by atoms with van der Waals surface area (Å²) in [6, 6.07) is 6.37.